The lowest BCUT2D eigenvalue weighted by atomic mass is 10.0. The van der Waals surface area contributed by atoms with Gasteiger partial charge in [-0.2, -0.15) is 0 Å². The number of β-lactam (4-membered cyclic amide) rings is 1. The summed E-state index contributed by atoms with van der Waals surface area (Å²) in [4.78, 5) is 62.1. The van der Waals surface area contributed by atoms with Crippen LogP contribution in [0.25, 0.3) is 0 Å². The van der Waals surface area contributed by atoms with Gasteiger partial charge in [-0.25, -0.2) is 14.8 Å². The Morgan fingerprint density at radius 3 is 2.84 bits per heavy atom. The van der Waals surface area contributed by atoms with Crippen LogP contribution in [0, 0.1) is 0 Å². The Morgan fingerprint density at radius 2 is 2.23 bits per heavy atom. The zero-order valence-electron chi connectivity index (χ0n) is 16.4. The van der Waals surface area contributed by atoms with Gasteiger partial charge >= 0.3 is 5.97 Å². The normalized spacial score (nSPS) is 20.6. The monoisotopic (exact) mass is 466 g/mol. The number of nitrogens with two attached hydrogens (primary N) is 1. The molecule has 1 saturated heterocycles. The van der Waals surface area contributed by atoms with Crippen molar-refractivity contribution in [3.05, 3.63) is 29.4 Å². The number of aliphatic carboxylic acids is 1. The Balaban J connectivity index is 1.79. The van der Waals surface area contributed by atoms with Crippen molar-refractivity contribution >= 4 is 58.0 Å². The number of carboxylic acids is 1. The number of carbonyl (C=O) groups is 4. The largest absolute Gasteiger partial charge is 0.477 e. The van der Waals surface area contributed by atoms with Crippen LogP contribution in [0.4, 0.5) is 5.82 Å². The molecule has 1 aromatic rings. The van der Waals surface area contributed by atoms with Crippen molar-refractivity contribution in [3.8, 4) is 0 Å². The molecule has 4 N–H and O–H groups in total. The van der Waals surface area contributed by atoms with E-state index >= 15 is 0 Å². The number of nitrogens with zero attached hydrogens (tertiary/aromatic N) is 4. The van der Waals surface area contributed by atoms with Gasteiger partial charge in [-0.1, -0.05) is 16.9 Å². The van der Waals surface area contributed by atoms with Crippen LogP contribution in [-0.2, 0) is 24.0 Å². The third-order valence-corrected chi connectivity index (χ3v) is 6.51. The van der Waals surface area contributed by atoms with Crippen LogP contribution in [0.1, 0.15) is 12.7 Å². The summed E-state index contributed by atoms with van der Waals surface area (Å²) in [5.74, 6) is -2.12. The molecule has 3 heterocycles. The maximum absolute atomic E-state index is 12.7. The molecule has 164 valence electrons. The molecule has 31 heavy (non-hydrogen) atoms. The molecule has 12 nitrogen and oxygen atoms in total. The van der Waals surface area contributed by atoms with Crippen molar-refractivity contribution in [3.63, 3.8) is 0 Å². The SMILES string of the molecule is CO/N=C(/C(=O)NC1C(=O)N2C(C(=O)O)=C(CSC(C)=O)CSC12)c1nccc(N)n1. The first kappa shape index (κ1) is 22.6. The fourth-order valence-electron chi connectivity index (χ4n) is 2.95. The van der Waals surface area contributed by atoms with Crippen molar-refractivity contribution < 1.29 is 29.1 Å². The van der Waals surface area contributed by atoms with E-state index in [9.17, 15) is 24.3 Å². The van der Waals surface area contributed by atoms with E-state index in [1.807, 2.05) is 0 Å². The van der Waals surface area contributed by atoms with E-state index in [0.717, 1.165) is 16.7 Å². The van der Waals surface area contributed by atoms with Crippen molar-refractivity contribution in [1.82, 2.24) is 20.2 Å². The lowest BCUT2D eigenvalue weighted by Gasteiger charge is -2.49. The molecule has 0 spiro atoms. The van der Waals surface area contributed by atoms with Crippen LogP contribution in [0.5, 0.6) is 0 Å². The maximum Gasteiger partial charge on any atom is 0.352 e. The van der Waals surface area contributed by atoms with Crippen LogP contribution in [0.15, 0.2) is 28.7 Å². The van der Waals surface area contributed by atoms with E-state index in [-0.39, 0.29) is 33.9 Å². The van der Waals surface area contributed by atoms with Gasteiger partial charge in [0.05, 0.1) is 0 Å². The highest BCUT2D eigenvalue weighted by Gasteiger charge is 2.54. The number of carbonyl (C=O) groups excluding carboxylic acids is 3. The van der Waals surface area contributed by atoms with E-state index in [1.54, 1.807) is 0 Å². The number of fused-ring (bicyclic) bond motifs is 1. The molecule has 2 unspecified atom stereocenters. The Morgan fingerprint density at radius 1 is 1.48 bits per heavy atom. The summed E-state index contributed by atoms with van der Waals surface area (Å²) in [5.41, 5.74) is 5.65. The van der Waals surface area contributed by atoms with Gasteiger partial charge in [-0.05, 0) is 11.6 Å². The van der Waals surface area contributed by atoms with Crippen LogP contribution in [0.2, 0.25) is 0 Å². The molecule has 2 atom stereocenters. The number of carboxylic acid groups (broad SMARTS) is 1. The molecule has 2 aliphatic heterocycles. The number of anilines is 1. The topological polar surface area (TPSA) is 177 Å². The molecule has 0 radical (unpaired) electrons. The van der Waals surface area contributed by atoms with Gasteiger partial charge in [0.2, 0.25) is 5.71 Å². The summed E-state index contributed by atoms with van der Waals surface area (Å²) < 4.78 is 0. The molecular formula is C17H18N6O6S2. The van der Waals surface area contributed by atoms with Crippen LogP contribution in [0.3, 0.4) is 0 Å². The molecule has 2 amide bonds. The van der Waals surface area contributed by atoms with Gasteiger partial charge in [-0.3, -0.25) is 19.3 Å². The van der Waals surface area contributed by atoms with Crippen molar-refractivity contribution in [1.29, 1.82) is 0 Å². The van der Waals surface area contributed by atoms with Crippen molar-refractivity contribution in [2.24, 2.45) is 5.16 Å². The summed E-state index contributed by atoms with van der Waals surface area (Å²) in [7, 11) is 1.23. The summed E-state index contributed by atoms with van der Waals surface area (Å²) in [6, 6.07) is 0.455. The van der Waals surface area contributed by atoms with Crippen LogP contribution < -0.4 is 11.1 Å². The van der Waals surface area contributed by atoms with Crippen LogP contribution >= 0.6 is 23.5 Å². The van der Waals surface area contributed by atoms with Crippen molar-refractivity contribution in [2.75, 3.05) is 24.3 Å². The number of nitrogen functional groups attached to an aromatic ring is 1. The Kier molecular flexibility index (Phi) is 6.80. The van der Waals surface area contributed by atoms with E-state index in [4.69, 9.17) is 5.73 Å². The predicted molar refractivity (Wildman–Crippen MR) is 113 cm³/mol. The Hall–Kier alpha value is -3.13. The Labute approximate surface area is 184 Å². The molecule has 0 bridgehead atoms. The van der Waals surface area contributed by atoms with Gasteiger partial charge < -0.3 is 21.0 Å². The van der Waals surface area contributed by atoms with E-state index in [2.05, 4.69) is 25.3 Å². The van der Waals surface area contributed by atoms with Gasteiger partial charge in [0, 0.05) is 24.6 Å². The minimum Gasteiger partial charge on any atom is -0.477 e. The summed E-state index contributed by atoms with van der Waals surface area (Å²) in [5, 5.41) is 15.0. The third-order valence-electron chi connectivity index (χ3n) is 4.27. The minimum atomic E-state index is -1.27. The molecule has 1 aromatic heterocycles. The molecule has 1 fully saturated rings. The highest BCUT2D eigenvalue weighted by Crippen LogP contribution is 2.41. The van der Waals surface area contributed by atoms with E-state index in [1.165, 1.54) is 38.1 Å². The quantitative estimate of drug-likeness (QED) is 0.266. The fourth-order valence-corrected chi connectivity index (χ4v) is 5.05. The average molecular weight is 467 g/mol. The van der Waals surface area contributed by atoms with Gasteiger partial charge in [0.1, 0.15) is 30.0 Å². The maximum atomic E-state index is 12.7. The summed E-state index contributed by atoms with van der Waals surface area (Å²) in [6.45, 7) is 1.38. The highest BCUT2D eigenvalue weighted by atomic mass is 32.2. The molecule has 3 rings (SSSR count). The number of thioether (sulfide) groups is 2. The molecule has 0 aromatic carbocycles. The lowest BCUT2D eigenvalue weighted by Crippen LogP contribution is -2.71. The standard InChI is InChI=1S/C17H18N6O6S2/c1-7(24)30-5-8-6-31-16-11(15(26)23(16)12(8)17(27)28)21-14(25)10(22-29-2)13-19-4-3-9(18)20-13/h3-4,11,16H,5-6H2,1-2H3,(H,21,25)(H,27,28)(H2,18,19,20)/b22-10+. The minimum absolute atomic E-state index is 0.0889. The number of aromatic nitrogens is 2. The Bertz CT molecular complexity index is 1010. The van der Waals surface area contributed by atoms with Gasteiger partial charge in [-0.15, -0.1) is 11.8 Å². The van der Waals surface area contributed by atoms with Gasteiger partial charge in [0.15, 0.2) is 10.9 Å². The molecule has 2 aliphatic rings. The van der Waals surface area contributed by atoms with Gasteiger partial charge in [0.25, 0.3) is 11.8 Å². The number of oxime groups is 1. The zero-order valence-corrected chi connectivity index (χ0v) is 18.0. The van der Waals surface area contributed by atoms with E-state index < -0.39 is 29.2 Å². The smallest absolute Gasteiger partial charge is 0.352 e. The lowest BCUT2D eigenvalue weighted by molar-refractivity contribution is -0.150. The average Bonchev–Trinajstić information content (AvgIpc) is 2.73. The molecule has 14 heteroatoms. The second-order valence-corrected chi connectivity index (χ2v) is 8.58. The number of hydrogen-bond acceptors (Lipinski definition) is 11. The van der Waals surface area contributed by atoms with E-state index in [0.29, 0.717) is 11.3 Å². The first-order chi connectivity index (χ1) is 14.7. The molecular weight excluding hydrogens is 448 g/mol. The second-order valence-electron chi connectivity index (χ2n) is 6.33. The number of rotatable bonds is 7. The fraction of sp³-hybridized carbons (Fsp3) is 0.353. The molecule has 0 saturated carbocycles. The number of amides is 2. The first-order valence-electron chi connectivity index (χ1n) is 8.78. The van der Waals surface area contributed by atoms with Crippen molar-refractivity contribution in [2.45, 2.75) is 18.3 Å². The molecule has 0 aliphatic carbocycles. The summed E-state index contributed by atoms with van der Waals surface area (Å²) in [6.07, 6.45) is 1.34. The second kappa shape index (κ2) is 9.34. The zero-order chi connectivity index (χ0) is 22.7. The third kappa shape index (κ3) is 4.64. The predicted octanol–water partition coefficient (Wildman–Crippen LogP) is -0.572. The highest BCUT2D eigenvalue weighted by molar-refractivity contribution is 8.13. The first-order valence-corrected chi connectivity index (χ1v) is 10.8. The van der Waals surface area contributed by atoms with Crippen LogP contribution in [-0.4, -0.2) is 78.6 Å². The number of hydrogen-bond donors (Lipinski definition) is 3. The summed E-state index contributed by atoms with van der Waals surface area (Å²) >= 11 is 2.27. The number of nitrogens with one attached hydrogen (secondary N) is 1.